The minimum atomic E-state index is -0.905. The van der Waals surface area contributed by atoms with Gasteiger partial charge in [0.25, 0.3) is 0 Å². The zero-order chi connectivity index (χ0) is 15.1. The van der Waals surface area contributed by atoms with E-state index in [2.05, 4.69) is 6.92 Å². The van der Waals surface area contributed by atoms with Gasteiger partial charge >= 0.3 is 5.97 Å². The molecule has 0 fully saturated rings. The van der Waals surface area contributed by atoms with E-state index >= 15 is 0 Å². The van der Waals surface area contributed by atoms with Crippen molar-refractivity contribution >= 4 is 5.97 Å². The summed E-state index contributed by atoms with van der Waals surface area (Å²) in [6, 6.07) is 14.8. The van der Waals surface area contributed by atoms with E-state index in [0.29, 0.717) is 5.56 Å². The Morgan fingerprint density at radius 1 is 0.952 bits per heavy atom. The zero-order valence-corrected chi connectivity index (χ0v) is 12.2. The lowest BCUT2D eigenvalue weighted by atomic mass is 10.0. The maximum absolute atomic E-state index is 10.8. The maximum Gasteiger partial charge on any atom is 0.335 e. The highest BCUT2D eigenvalue weighted by Gasteiger charge is 2.03. The number of benzene rings is 2. The smallest absolute Gasteiger partial charge is 0.335 e. The second-order valence-electron chi connectivity index (χ2n) is 4.96. The van der Waals surface area contributed by atoms with E-state index in [0.717, 1.165) is 29.9 Å². The molecule has 110 valence electrons. The highest BCUT2D eigenvalue weighted by molar-refractivity contribution is 5.88. The highest BCUT2D eigenvalue weighted by atomic mass is 16.5. The lowest BCUT2D eigenvalue weighted by molar-refractivity contribution is 0.0697. The third kappa shape index (κ3) is 4.35. The molecule has 0 atom stereocenters. The van der Waals surface area contributed by atoms with E-state index in [1.807, 2.05) is 36.4 Å². The van der Waals surface area contributed by atoms with Crippen LogP contribution in [0.2, 0.25) is 0 Å². The highest BCUT2D eigenvalue weighted by Crippen LogP contribution is 2.23. The minimum absolute atomic E-state index is 0.301. The van der Waals surface area contributed by atoms with Crippen LogP contribution in [0.1, 0.15) is 36.5 Å². The number of carbonyl (C=O) groups is 1. The topological polar surface area (TPSA) is 46.5 Å². The number of carboxylic acids is 1. The number of rotatable bonds is 7. The first kappa shape index (κ1) is 15.1. The van der Waals surface area contributed by atoms with Crippen LogP contribution < -0.4 is 4.74 Å². The average Bonchev–Trinajstić information content (AvgIpc) is 2.52. The first-order chi connectivity index (χ1) is 10.2. The molecule has 0 spiro atoms. The van der Waals surface area contributed by atoms with E-state index in [9.17, 15) is 4.79 Å². The Morgan fingerprint density at radius 2 is 1.52 bits per heavy atom. The van der Waals surface area contributed by atoms with Gasteiger partial charge in [-0.1, -0.05) is 44.0 Å². The Labute approximate surface area is 125 Å². The Hall–Kier alpha value is -2.29. The molecule has 0 aliphatic heterocycles. The van der Waals surface area contributed by atoms with Crippen molar-refractivity contribution < 1.29 is 14.6 Å². The Kier molecular flexibility index (Phi) is 5.38. The molecule has 21 heavy (non-hydrogen) atoms. The molecule has 1 N–H and O–H groups in total. The third-order valence-electron chi connectivity index (χ3n) is 3.34. The van der Waals surface area contributed by atoms with E-state index in [4.69, 9.17) is 9.84 Å². The number of ether oxygens (including phenoxy) is 1. The summed E-state index contributed by atoms with van der Waals surface area (Å²) in [7, 11) is 0. The fraction of sp³-hybridized carbons (Fsp3) is 0.278. The molecule has 2 rings (SSSR count). The second-order valence-corrected chi connectivity index (χ2v) is 4.96. The normalized spacial score (nSPS) is 10.3. The number of aromatic carboxylic acids is 1. The van der Waals surface area contributed by atoms with Crippen LogP contribution in [-0.2, 0) is 0 Å². The van der Waals surface area contributed by atoms with Crippen LogP contribution >= 0.6 is 0 Å². The van der Waals surface area contributed by atoms with Crippen LogP contribution in [0.15, 0.2) is 48.5 Å². The van der Waals surface area contributed by atoms with Gasteiger partial charge in [-0.15, -0.1) is 0 Å². The van der Waals surface area contributed by atoms with Crippen LogP contribution in [0.4, 0.5) is 0 Å². The van der Waals surface area contributed by atoms with Gasteiger partial charge in [-0.05, 0) is 41.8 Å². The molecule has 0 amide bonds. The standard InChI is InChI=1S/C18H20O3/c1-2-3-4-13-21-17-11-9-15(10-12-17)14-5-7-16(8-6-14)18(19)20/h5-12H,2-4,13H2,1H3,(H,19,20). The molecule has 0 aliphatic rings. The van der Waals surface area contributed by atoms with Gasteiger partial charge in [-0.3, -0.25) is 0 Å². The lowest BCUT2D eigenvalue weighted by Crippen LogP contribution is -1.97. The van der Waals surface area contributed by atoms with Gasteiger partial charge < -0.3 is 9.84 Å². The SMILES string of the molecule is CCCCCOc1ccc(-c2ccc(C(=O)O)cc2)cc1. The molecule has 2 aromatic rings. The fourth-order valence-electron chi connectivity index (χ4n) is 2.09. The molecule has 0 saturated heterocycles. The van der Waals surface area contributed by atoms with Crippen LogP contribution in [-0.4, -0.2) is 17.7 Å². The molecular formula is C18H20O3. The molecule has 0 bridgehead atoms. The van der Waals surface area contributed by atoms with Crippen molar-refractivity contribution in [1.82, 2.24) is 0 Å². The van der Waals surface area contributed by atoms with E-state index < -0.39 is 5.97 Å². The Morgan fingerprint density at radius 3 is 2.05 bits per heavy atom. The molecule has 0 unspecified atom stereocenters. The summed E-state index contributed by atoms with van der Waals surface area (Å²) < 4.78 is 5.67. The van der Waals surface area contributed by atoms with Crippen molar-refractivity contribution in [1.29, 1.82) is 0 Å². The van der Waals surface area contributed by atoms with Crippen molar-refractivity contribution in [2.45, 2.75) is 26.2 Å². The largest absolute Gasteiger partial charge is 0.494 e. The van der Waals surface area contributed by atoms with Gasteiger partial charge in [0.2, 0.25) is 0 Å². The Balaban J connectivity index is 1.99. The summed E-state index contributed by atoms with van der Waals surface area (Å²) in [5, 5.41) is 8.89. The van der Waals surface area contributed by atoms with Crippen LogP contribution in [0, 0.1) is 0 Å². The van der Waals surface area contributed by atoms with Gasteiger partial charge in [0.15, 0.2) is 0 Å². The van der Waals surface area contributed by atoms with Crippen molar-refractivity contribution in [3.05, 3.63) is 54.1 Å². The third-order valence-corrected chi connectivity index (χ3v) is 3.34. The Bertz CT molecular complexity index is 570. The summed E-state index contributed by atoms with van der Waals surface area (Å²) in [5.74, 6) is -0.0330. The first-order valence-electron chi connectivity index (χ1n) is 7.27. The molecule has 0 radical (unpaired) electrons. The van der Waals surface area contributed by atoms with Crippen molar-refractivity contribution in [3.8, 4) is 16.9 Å². The second kappa shape index (κ2) is 7.48. The van der Waals surface area contributed by atoms with Crippen molar-refractivity contribution in [3.63, 3.8) is 0 Å². The van der Waals surface area contributed by atoms with E-state index in [1.165, 1.54) is 12.8 Å². The molecular weight excluding hydrogens is 264 g/mol. The summed E-state index contributed by atoms with van der Waals surface area (Å²) >= 11 is 0. The first-order valence-corrected chi connectivity index (χ1v) is 7.27. The maximum atomic E-state index is 10.8. The van der Waals surface area contributed by atoms with Gasteiger partial charge in [-0.2, -0.15) is 0 Å². The summed E-state index contributed by atoms with van der Waals surface area (Å²) in [6.45, 7) is 2.92. The molecule has 0 aromatic heterocycles. The molecule has 2 aromatic carbocycles. The predicted octanol–water partition coefficient (Wildman–Crippen LogP) is 4.62. The van der Waals surface area contributed by atoms with Crippen molar-refractivity contribution in [2.75, 3.05) is 6.61 Å². The number of unbranched alkanes of at least 4 members (excludes halogenated alkanes) is 2. The van der Waals surface area contributed by atoms with E-state index in [1.54, 1.807) is 12.1 Å². The van der Waals surface area contributed by atoms with Gasteiger partial charge in [0, 0.05) is 0 Å². The average molecular weight is 284 g/mol. The molecule has 0 saturated carbocycles. The number of carboxylic acid groups (broad SMARTS) is 1. The van der Waals surface area contributed by atoms with Crippen LogP contribution in [0.3, 0.4) is 0 Å². The fourth-order valence-corrected chi connectivity index (χ4v) is 2.09. The molecule has 3 nitrogen and oxygen atoms in total. The zero-order valence-electron chi connectivity index (χ0n) is 12.2. The van der Waals surface area contributed by atoms with Crippen LogP contribution in [0.25, 0.3) is 11.1 Å². The quantitative estimate of drug-likeness (QED) is 0.754. The number of hydrogen-bond donors (Lipinski definition) is 1. The van der Waals surface area contributed by atoms with Gasteiger partial charge in [-0.25, -0.2) is 4.79 Å². The summed E-state index contributed by atoms with van der Waals surface area (Å²) in [5.41, 5.74) is 2.35. The summed E-state index contributed by atoms with van der Waals surface area (Å²) in [6.07, 6.45) is 3.46. The molecule has 0 aliphatic carbocycles. The lowest BCUT2D eigenvalue weighted by Gasteiger charge is -2.07. The minimum Gasteiger partial charge on any atom is -0.494 e. The molecule has 3 heteroatoms. The monoisotopic (exact) mass is 284 g/mol. The van der Waals surface area contributed by atoms with Crippen molar-refractivity contribution in [2.24, 2.45) is 0 Å². The van der Waals surface area contributed by atoms with Gasteiger partial charge in [0.1, 0.15) is 5.75 Å². The summed E-state index contributed by atoms with van der Waals surface area (Å²) in [4.78, 5) is 10.8. The van der Waals surface area contributed by atoms with Crippen LogP contribution in [0.5, 0.6) is 5.75 Å². The van der Waals surface area contributed by atoms with E-state index in [-0.39, 0.29) is 0 Å². The predicted molar refractivity (Wildman–Crippen MR) is 83.9 cm³/mol. The molecule has 0 heterocycles. The number of hydrogen-bond acceptors (Lipinski definition) is 2. The van der Waals surface area contributed by atoms with Gasteiger partial charge in [0.05, 0.1) is 12.2 Å².